The summed E-state index contributed by atoms with van der Waals surface area (Å²) in [5.74, 6) is 1.25. The molecule has 6 heteroatoms. The molecule has 3 heterocycles. The van der Waals surface area contributed by atoms with Gasteiger partial charge in [-0.3, -0.25) is 0 Å². The van der Waals surface area contributed by atoms with Gasteiger partial charge in [0.2, 0.25) is 0 Å². The highest BCUT2D eigenvalue weighted by Crippen LogP contribution is 2.32. The number of nitrogens with zero attached hydrogens (tertiary/aromatic N) is 2. The lowest BCUT2D eigenvalue weighted by Gasteiger charge is -2.24. The number of piperidine rings is 1. The van der Waals surface area contributed by atoms with Crippen molar-refractivity contribution >= 4 is 15.9 Å². The second-order valence-corrected chi connectivity index (χ2v) is 7.33. The van der Waals surface area contributed by atoms with Gasteiger partial charge in [0.15, 0.2) is 5.84 Å². The molecule has 0 amide bonds. The predicted molar refractivity (Wildman–Crippen MR) is 76.3 cm³/mol. The fourth-order valence-electron chi connectivity index (χ4n) is 3.54. The quantitative estimate of drug-likeness (QED) is 0.769. The molecule has 3 aliphatic rings. The number of amidine groups is 1. The third-order valence-electron chi connectivity index (χ3n) is 4.51. The minimum atomic E-state index is -3.50. The molecule has 3 aliphatic heterocycles. The molecule has 1 aromatic rings. The smallest absolute Gasteiger partial charge is 0.285 e. The SMILES string of the molecule is O=S1(=O)N=C(N2CC3CCCNC3C2)c2ccccc21. The second kappa shape index (κ2) is 4.30. The van der Waals surface area contributed by atoms with E-state index in [-0.39, 0.29) is 0 Å². The average Bonchev–Trinajstić information content (AvgIpc) is 2.98. The van der Waals surface area contributed by atoms with Crippen molar-refractivity contribution in [1.82, 2.24) is 10.2 Å². The molecule has 106 valence electrons. The van der Waals surface area contributed by atoms with Gasteiger partial charge in [-0.05, 0) is 37.4 Å². The van der Waals surface area contributed by atoms with Gasteiger partial charge in [0.1, 0.15) is 4.90 Å². The van der Waals surface area contributed by atoms with Crippen molar-refractivity contribution in [1.29, 1.82) is 0 Å². The van der Waals surface area contributed by atoms with Gasteiger partial charge < -0.3 is 10.2 Å². The number of sulfonamides is 1. The van der Waals surface area contributed by atoms with Crippen LogP contribution in [0.2, 0.25) is 0 Å². The van der Waals surface area contributed by atoms with Crippen molar-refractivity contribution in [3.63, 3.8) is 0 Å². The van der Waals surface area contributed by atoms with Crippen molar-refractivity contribution in [2.24, 2.45) is 10.3 Å². The van der Waals surface area contributed by atoms with Crippen LogP contribution in [-0.2, 0) is 10.0 Å². The van der Waals surface area contributed by atoms with Crippen LogP contribution in [0.25, 0.3) is 0 Å². The summed E-state index contributed by atoms with van der Waals surface area (Å²) in [6.45, 7) is 2.82. The summed E-state index contributed by atoms with van der Waals surface area (Å²) in [6.07, 6.45) is 2.42. The third kappa shape index (κ3) is 1.78. The second-order valence-electron chi connectivity index (χ2n) is 5.75. The molecule has 0 radical (unpaired) electrons. The monoisotopic (exact) mass is 291 g/mol. The molecule has 0 aliphatic carbocycles. The summed E-state index contributed by atoms with van der Waals surface area (Å²) < 4.78 is 28.2. The van der Waals surface area contributed by atoms with Gasteiger partial charge in [-0.1, -0.05) is 12.1 Å². The zero-order valence-corrected chi connectivity index (χ0v) is 11.9. The first kappa shape index (κ1) is 12.3. The fraction of sp³-hybridized carbons (Fsp3) is 0.500. The van der Waals surface area contributed by atoms with Crippen LogP contribution in [0.4, 0.5) is 0 Å². The van der Waals surface area contributed by atoms with Gasteiger partial charge >= 0.3 is 0 Å². The Morgan fingerprint density at radius 3 is 2.95 bits per heavy atom. The highest BCUT2D eigenvalue weighted by Gasteiger charge is 2.39. The Labute approximate surface area is 118 Å². The predicted octanol–water partition coefficient (Wildman–Crippen LogP) is 0.819. The Kier molecular flexibility index (Phi) is 2.65. The van der Waals surface area contributed by atoms with Crippen LogP contribution in [0.5, 0.6) is 0 Å². The molecule has 4 rings (SSSR count). The Morgan fingerprint density at radius 2 is 2.10 bits per heavy atom. The van der Waals surface area contributed by atoms with Gasteiger partial charge in [0.05, 0.1) is 0 Å². The Bertz CT molecular complexity index is 669. The number of hydrogen-bond donors (Lipinski definition) is 1. The molecular formula is C14H17N3O2S. The number of rotatable bonds is 0. The standard InChI is InChI=1S/C14H17N3O2S/c18-20(19)13-6-2-1-5-11(13)14(16-20)17-8-10-4-3-7-15-12(10)9-17/h1-2,5-6,10,12,15H,3-4,7-9H2. The maximum atomic E-state index is 12.1. The lowest BCUT2D eigenvalue weighted by atomic mass is 9.94. The number of hydrogen-bond acceptors (Lipinski definition) is 4. The summed E-state index contributed by atoms with van der Waals surface area (Å²) in [5, 5.41) is 3.53. The molecule has 0 bridgehead atoms. The molecule has 5 nitrogen and oxygen atoms in total. The van der Waals surface area contributed by atoms with E-state index in [1.807, 2.05) is 12.1 Å². The normalized spacial score (nSPS) is 30.8. The molecule has 1 aromatic carbocycles. The molecule has 1 N–H and O–H groups in total. The topological polar surface area (TPSA) is 61.8 Å². The molecule has 0 spiro atoms. The lowest BCUT2D eigenvalue weighted by Crippen LogP contribution is -2.41. The number of fused-ring (bicyclic) bond motifs is 2. The van der Waals surface area contributed by atoms with Gasteiger partial charge in [0.25, 0.3) is 10.0 Å². The van der Waals surface area contributed by atoms with E-state index < -0.39 is 10.0 Å². The summed E-state index contributed by atoms with van der Waals surface area (Å²) >= 11 is 0. The highest BCUT2D eigenvalue weighted by molar-refractivity contribution is 7.90. The van der Waals surface area contributed by atoms with Crippen molar-refractivity contribution in [2.45, 2.75) is 23.8 Å². The molecule has 20 heavy (non-hydrogen) atoms. The summed E-state index contributed by atoms with van der Waals surface area (Å²) in [5.41, 5.74) is 0.756. The molecule has 0 aromatic heterocycles. The lowest BCUT2D eigenvalue weighted by molar-refractivity contribution is 0.339. The Hall–Kier alpha value is -1.40. The molecule has 0 saturated carbocycles. The number of likely N-dealkylation sites (tertiary alicyclic amines) is 1. The van der Waals surface area contributed by atoms with Crippen LogP contribution < -0.4 is 5.32 Å². The maximum Gasteiger partial charge on any atom is 0.285 e. The largest absolute Gasteiger partial charge is 0.353 e. The van der Waals surface area contributed by atoms with Crippen LogP contribution in [0.1, 0.15) is 18.4 Å². The zero-order chi connectivity index (χ0) is 13.7. The first-order valence-electron chi connectivity index (χ1n) is 7.08. The van der Waals surface area contributed by atoms with Gasteiger partial charge in [-0.2, -0.15) is 8.42 Å². The average molecular weight is 291 g/mol. The van der Waals surface area contributed by atoms with Crippen molar-refractivity contribution < 1.29 is 8.42 Å². The van der Waals surface area contributed by atoms with Crippen LogP contribution in [0.15, 0.2) is 33.6 Å². The molecule has 2 fully saturated rings. The first-order chi connectivity index (χ1) is 9.65. The summed E-state index contributed by atoms with van der Waals surface area (Å²) in [4.78, 5) is 2.48. The number of nitrogens with one attached hydrogen (secondary N) is 1. The van der Waals surface area contributed by atoms with E-state index >= 15 is 0 Å². The highest BCUT2D eigenvalue weighted by atomic mass is 32.2. The maximum absolute atomic E-state index is 12.1. The molecule has 2 unspecified atom stereocenters. The van der Waals surface area contributed by atoms with E-state index in [0.717, 1.165) is 25.2 Å². The van der Waals surface area contributed by atoms with Gasteiger partial charge in [-0.25, -0.2) is 0 Å². The summed E-state index contributed by atoms with van der Waals surface area (Å²) in [7, 11) is -3.50. The Balaban J connectivity index is 1.70. The zero-order valence-electron chi connectivity index (χ0n) is 11.1. The summed E-state index contributed by atoms with van der Waals surface area (Å²) in [6, 6.07) is 7.59. The molecule has 2 atom stereocenters. The van der Waals surface area contributed by atoms with Gasteiger partial charge in [0, 0.05) is 24.7 Å². The van der Waals surface area contributed by atoms with E-state index in [1.54, 1.807) is 12.1 Å². The van der Waals surface area contributed by atoms with Crippen molar-refractivity contribution in [3.05, 3.63) is 29.8 Å². The van der Waals surface area contributed by atoms with Crippen molar-refractivity contribution in [3.8, 4) is 0 Å². The van der Waals surface area contributed by atoms with Crippen LogP contribution in [0, 0.1) is 5.92 Å². The third-order valence-corrected chi connectivity index (χ3v) is 5.84. The van der Waals surface area contributed by atoms with Crippen LogP contribution in [-0.4, -0.2) is 44.8 Å². The van der Waals surface area contributed by atoms with Crippen molar-refractivity contribution in [2.75, 3.05) is 19.6 Å². The Morgan fingerprint density at radius 1 is 1.25 bits per heavy atom. The van der Waals surface area contributed by atoms with Gasteiger partial charge in [-0.15, -0.1) is 4.40 Å². The van der Waals surface area contributed by atoms with E-state index in [0.29, 0.717) is 22.7 Å². The molecule has 2 saturated heterocycles. The van der Waals surface area contributed by atoms with E-state index in [1.165, 1.54) is 12.8 Å². The van der Waals surface area contributed by atoms with E-state index in [9.17, 15) is 8.42 Å². The first-order valence-corrected chi connectivity index (χ1v) is 8.52. The van der Waals surface area contributed by atoms with Crippen LogP contribution >= 0.6 is 0 Å². The molecular weight excluding hydrogens is 274 g/mol. The minimum absolute atomic E-state index is 0.345. The van der Waals surface area contributed by atoms with Crippen LogP contribution in [0.3, 0.4) is 0 Å². The van der Waals surface area contributed by atoms with E-state index in [4.69, 9.17) is 0 Å². The minimum Gasteiger partial charge on any atom is -0.353 e. The number of benzene rings is 1. The fourth-order valence-corrected chi connectivity index (χ4v) is 4.76. The van der Waals surface area contributed by atoms with E-state index in [2.05, 4.69) is 14.6 Å².